The number of nitrogens with two attached hydrogens (primary N) is 1. The SMILES string of the molecule is Cl.NCCCCNC(=O)C1CC12CCc1ccccc12. The van der Waals surface area contributed by atoms with Crippen LogP contribution in [0.15, 0.2) is 24.3 Å². The molecule has 2 unspecified atom stereocenters. The maximum atomic E-state index is 12.2. The van der Waals surface area contributed by atoms with Gasteiger partial charge in [-0.25, -0.2) is 0 Å². The molecule has 2 aliphatic rings. The molecule has 1 amide bonds. The molecule has 0 bridgehead atoms. The monoisotopic (exact) mass is 294 g/mol. The second-order valence-electron chi connectivity index (χ2n) is 5.86. The van der Waals surface area contributed by atoms with E-state index in [4.69, 9.17) is 5.73 Å². The summed E-state index contributed by atoms with van der Waals surface area (Å²) in [5.74, 6) is 0.447. The first kappa shape index (κ1) is 15.3. The summed E-state index contributed by atoms with van der Waals surface area (Å²) in [5, 5.41) is 3.07. The quantitative estimate of drug-likeness (QED) is 0.818. The molecule has 2 atom stereocenters. The minimum atomic E-state index is 0. The lowest BCUT2D eigenvalue weighted by Gasteiger charge is -2.11. The van der Waals surface area contributed by atoms with Crippen LogP contribution in [0.3, 0.4) is 0 Å². The Labute approximate surface area is 126 Å². The Morgan fingerprint density at radius 2 is 2.15 bits per heavy atom. The Morgan fingerprint density at radius 3 is 2.95 bits per heavy atom. The van der Waals surface area contributed by atoms with Crippen molar-refractivity contribution in [3.05, 3.63) is 35.4 Å². The van der Waals surface area contributed by atoms with E-state index in [1.807, 2.05) is 0 Å². The van der Waals surface area contributed by atoms with Gasteiger partial charge >= 0.3 is 0 Å². The highest BCUT2D eigenvalue weighted by molar-refractivity contribution is 5.85. The molecule has 1 aromatic rings. The van der Waals surface area contributed by atoms with Crippen LogP contribution in [0, 0.1) is 5.92 Å². The van der Waals surface area contributed by atoms with Crippen molar-refractivity contribution in [1.82, 2.24) is 5.32 Å². The summed E-state index contributed by atoms with van der Waals surface area (Å²) in [6.45, 7) is 1.47. The first-order valence-corrected chi connectivity index (χ1v) is 7.34. The second-order valence-corrected chi connectivity index (χ2v) is 5.86. The topological polar surface area (TPSA) is 55.1 Å². The maximum Gasteiger partial charge on any atom is 0.224 e. The average molecular weight is 295 g/mol. The van der Waals surface area contributed by atoms with Crippen molar-refractivity contribution in [3.63, 3.8) is 0 Å². The molecule has 1 saturated carbocycles. The number of hydrogen-bond acceptors (Lipinski definition) is 2. The van der Waals surface area contributed by atoms with Gasteiger partial charge in [-0.3, -0.25) is 4.79 Å². The molecule has 3 nitrogen and oxygen atoms in total. The molecule has 0 heterocycles. The molecule has 3 N–H and O–H groups in total. The summed E-state index contributed by atoms with van der Waals surface area (Å²) < 4.78 is 0. The van der Waals surface area contributed by atoms with E-state index in [-0.39, 0.29) is 29.6 Å². The number of halogens is 1. The predicted octanol–water partition coefficient (Wildman–Crippen LogP) is 2.17. The summed E-state index contributed by atoms with van der Waals surface area (Å²) in [4.78, 5) is 12.2. The van der Waals surface area contributed by atoms with Crippen molar-refractivity contribution < 1.29 is 4.79 Å². The summed E-state index contributed by atoms with van der Waals surface area (Å²) in [5.41, 5.74) is 8.50. The third-order valence-electron chi connectivity index (χ3n) is 4.72. The number of carbonyl (C=O) groups excluding carboxylic acids is 1. The Hall–Kier alpha value is -1.06. The van der Waals surface area contributed by atoms with E-state index in [9.17, 15) is 4.79 Å². The van der Waals surface area contributed by atoms with Crippen LogP contribution in [0.1, 0.15) is 36.8 Å². The highest BCUT2D eigenvalue weighted by Gasteiger charge is 2.61. The molecule has 3 rings (SSSR count). The zero-order valence-corrected chi connectivity index (χ0v) is 12.5. The third-order valence-corrected chi connectivity index (χ3v) is 4.72. The zero-order valence-electron chi connectivity index (χ0n) is 11.7. The van der Waals surface area contributed by atoms with Gasteiger partial charge in [-0.2, -0.15) is 0 Å². The van der Waals surface area contributed by atoms with Crippen LogP contribution in [0.4, 0.5) is 0 Å². The van der Waals surface area contributed by atoms with E-state index in [1.54, 1.807) is 0 Å². The first-order valence-electron chi connectivity index (χ1n) is 7.34. The normalized spacial score (nSPS) is 25.9. The van der Waals surface area contributed by atoms with Gasteiger partial charge in [-0.15, -0.1) is 12.4 Å². The van der Waals surface area contributed by atoms with E-state index in [0.29, 0.717) is 6.54 Å². The van der Waals surface area contributed by atoms with E-state index in [1.165, 1.54) is 11.1 Å². The fourth-order valence-corrected chi connectivity index (χ4v) is 3.54. The van der Waals surface area contributed by atoms with Crippen molar-refractivity contribution in [2.24, 2.45) is 11.7 Å². The van der Waals surface area contributed by atoms with Crippen LogP contribution >= 0.6 is 12.4 Å². The van der Waals surface area contributed by atoms with Gasteiger partial charge in [0.2, 0.25) is 5.91 Å². The van der Waals surface area contributed by atoms with E-state index in [0.717, 1.165) is 38.6 Å². The zero-order chi connectivity index (χ0) is 13.3. The van der Waals surface area contributed by atoms with Crippen LogP contribution < -0.4 is 11.1 Å². The molecule has 1 fully saturated rings. The van der Waals surface area contributed by atoms with Gasteiger partial charge in [0.25, 0.3) is 0 Å². The number of hydrogen-bond donors (Lipinski definition) is 2. The lowest BCUT2D eigenvalue weighted by atomic mass is 9.95. The predicted molar refractivity (Wildman–Crippen MR) is 83.1 cm³/mol. The van der Waals surface area contributed by atoms with E-state index >= 15 is 0 Å². The van der Waals surface area contributed by atoms with Gasteiger partial charge in [0, 0.05) is 17.9 Å². The van der Waals surface area contributed by atoms with Crippen LogP contribution in [0.25, 0.3) is 0 Å². The van der Waals surface area contributed by atoms with Gasteiger partial charge in [0.1, 0.15) is 0 Å². The van der Waals surface area contributed by atoms with Gasteiger partial charge in [-0.05, 0) is 49.8 Å². The highest BCUT2D eigenvalue weighted by atomic mass is 35.5. The van der Waals surface area contributed by atoms with Gasteiger partial charge in [0.15, 0.2) is 0 Å². The molecular formula is C16H23ClN2O. The number of rotatable bonds is 5. The van der Waals surface area contributed by atoms with Crippen LogP contribution in [-0.4, -0.2) is 19.0 Å². The van der Waals surface area contributed by atoms with Crippen molar-refractivity contribution >= 4 is 18.3 Å². The number of amides is 1. The molecule has 0 aliphatic heterocycles. The Morgan fingerprint density at radius 1 is 1.35 bits per heavy atom. The summed E-state index contributed by atoms with van der Waals surface area (Å²) in [7, 11) is 0. The molecule has 4 heteroatoms. The fourth-order valence-electron chi connectivity index (χ4n) is 3.54. The molecule has 1 spiro atoms. The van der Waals surface area contributed by atoms with Crippen molar-refractivity contribution in [3.8, 4) is 0 Å². The average Bonchev–Trinajstić information content (AvgIpc) is 3.06. The molecule has 0 aromatic heterocycles. The number of aryl methyl sites for hydroxylation is 1. The van der Waals surface area contributed by atoms with Crippen LogP contribution in [0.5, 0.6) is 0 Å². The minimum absolute atomic E-state index is 0. The largest absolute Gasteiger partial charge is 0.356 e. The third kappa shape index (κ3) is 2.57. The standard InChI is InChI=1S/C16H22N2O.ClH/c17-9-3-4-10-18-15(19)14-11-16(14)8-7-12-5-1-2-6-13(12)16;/h1-2,5-6,14H,3-4,7-11,17H2,(H,18,19);1H. The molecular weight excluding hydrogens is 272 g/mol. The van der Waals surface area contributed by atoms with Gasteiger partial charge < -0.3 is 11.1 Å². The van der Waals surface area contributed by atoms with Crippen molar-refractivity contribution in [2.45, 2.75) is 37.5 Å². The minimum Gasteiger partial charge on any atom is -0.356 e. The molecule has 20 heavy (non-hydrogen) atoms. The molecule has 1 aromatic carbocycles. The summed E-state index contributed by atoms with van der Waals surface area (Å²) >= 11 is 0. The fraction of sp³-hybridized carbons (Fsp3) is 0.562. The Balaban J connectivity index is 0.00000147. The van der Waals surface area contributed by atoms with Gasteiger partial charge in [-0.1, -0.05) is 24.3 Å². The van der Waals surface area contributed by atoms with E-state index < -0.39 is 0 Å². The lowest BCUT2D eigenvalue weighted by molar-refractivity contribution is -0.122. The van der Waals surface area contributed by atoms with Crippen LogP contribution in [-0.2, 0) is 16.6 Å². The number of nitrogens with one attached hydrogen (secondary N) is 1. The molecule has 2 aliphatic carbocycles. The summed E-state index contributed by atoms with van der Waals surface area (Å²) in [6.07, 6.45) is 5.28. The number of fused-ring (bicyclic) bond motifs is 2. The number of benzene rings is 1. The van der Waals surface area contributed by atoms with Crippen LogP contribution in [0.2, 0.25) is 0 Å². The Bertz CT molecular complexity index is 491. The second kappa shape index (κ2) is 6.15. The number of unbranched alkanes of at least 4 members (excludes halogenated alkanes) is 1. The smallest absolute Gasteiger partial charge is 0.224 e. The number of carbonyl (C=O) groups is 1. The lowest BCUT2D eigenvalue weighted by Crippen LogP contribution is -2.29. The molecule has 0 saturated heterocycles. The van der Waals surface area contributed by atoms with Crippen molar-refractivity contribution in [2.75, 3.05) is 13.1 Å². The summed E-state index contributed by atoms with van der Waals surface area (Å²) in [6, 6.07) is 8.62. The molecule has 0 radical (unpaired) electrons. The molecule has 110 valence electrons. The van der Waals surface area contributed by atoms with Gasteiger partial charge in [0.05, 0.1) is 0 Å². The highest BCUT2D eigenvalue weighted by Crippen LogP contribution is 2.61. The maximum absolute atomic E-state index is 12.2. The first-order chi connectivity index (χ1) is 9.28. The van der Waals surface area contributed by atoms with Crippen molar-refractivity contribution in [1.29, 1.82) is 0 Å². The Kier molecular flexibility index (Phi) is 4.71. The van der Waals surface area contributed by atoms with E-state index in [2.05, 4.69) is 29.6 Å².